The smallest absolute Gasteiger partial charge is 0.332 e. The van der Waals surface area contributed by atoms with Crippen molar-refractivity contribution in [1.82, 2.24) is 15.3 Å². The van der Waals surface area contributed by atoms with Crippen molar-refractivity contribution in [2.75, 3.05) is 11.4 Å². The Hall–Kier alpha value is -3.65. The Morgan fingerprint density at radius 3 is 2.66 bits per heavy atom. The van der Waals surface area contributed by atoms with Gasteiger partial charge in [-0.15, -0.1) is 0 Å². The molecule has 5 rings (SSSR count). The Bertz CT molecular complexity index is 1200. The minimum absolute atomic E-state index is 0.164. The molecule has 0 saturated carbocycles. The quantitative estimate of drug-likeness (QED) is 0.269. The first-order valence-electron chi connectivity index (χ1n) is 9.34. The number of amides is 4. The minimum atomic E-state index is -1.17. The van der Waals surface area contributed by atoms with E-state index in [1.54, 1.807) is 30.0 Å². The molecular weight excluding hydrogens is 370 g/mol. The number of carbonyl (C=O) groups is 3. The Labute approximate surface area is 166 Å². The molecule has 2 aliphatic heterocycles. The van der Waals surface area contributed by atoms with Gasteiger partial charge in [-0.1, -0.05) is 30.3 Å². The second kappa shape index (κ2) is 5.92. The summed E-state index contributed by atoms with van der Waals surface area (Å²) in [6.45, 7) is 2.17. The van der Waals surface area contributed by atoms with Gasteiger partial charge in [0.25, 0.3) is 11.8 Å². The van der Waals surface area contributed by atoms with Gasteiger partial charge in [-0.05, 0) is 37.1 Å². The summed E-state index contributed by atoms with van der Waals surface area (Å²) in [5.74, 6) is 4.32. The minimum Gasteiger partial charge on any atom is -0.356 e. The zero-order valence-corrected chi connectivity index (χ0v) is 15.7. The summed E-state index contributed by atoms with van der Waals surface area (Å²) < 4.78 is 0. The van der Waals surface area contributed by atoms with E-state index in [1.165, 1.54) is 6.07 Å². The van der Waals surface area contributed by atoms with Crippen molar-refractivity contribution in [2.45, 2.75) is 18.9 Å². The summed E-state index contributed by atoms with van der Waals surface area (Å²) in [4.78, 5) is 45.2. The van der Waals surface area contributed by atoms with Crippen LogP contribution in [0.25, 0.3) is 10.9 Å². The SMILES string of the molecule is C[C@]12C(=O)N(c3ccccc3C(=O)NN)C(=O)N1CCc1c2[nH]c2ccccc12. The summed E-state index contributed by atoms with van der Waals surface area (Å²) in [6.07, 6.45) is 0.646. The van der Waals surface area contributed by atoms with E-state index in [2.05, 4.69) is 10.4 Å². The van der Waals surface area contributed by atoms with Crippen LogP contribution in [0.4, 0.5) is 10.5 Å². The molecule has 2 aromatic carbocycles. The number of benzene rings is 2. The first-order chi connectivity index (χ1) is 14.0. The maximum Gasteiger partial charge on any atom is 0.332 e. The maximum atomic E-state index is 13.7. The highest BCUT2D eigenvalue weighted by Crippen LogP contribution is 2.45. The molecule has 4 amide bonds. The molecule has 146 valence electrons. The van der Waals surface area contributed by atoms with Crippen molar-refractivity contribution in [2.24, 2.45) is 5.84 Å². The van der Waals surface area contributed by atoms with Crippen LogP contribution in [0.15, 0.2) is 48.5 Å². The number of fused-ring (bicyclic) bond motifs is 5. The normalized spacial score (nSPS) is 20.8. The van der Waals surface area contributed by atoms with Crippen LogP contribution in [-0.2, 0) is 16.8 Å². The average Bonchev–Trinajstić information content (AvgIpc) is 3.22. The number of rotatable bonds is 2. The van der Waals surface area contributed by atoms with Crippen LogP contribution >= 0.6 is 0 Å². The Balaban J connectivity index is 1.69. The van der Waals surface area contributed by atoms with Crippen molar-refractivity contribution in [3.8, 4) is 0 Å². The second-order valence-corrected chi connectivity index (χ2v) is 7.41. The van der Waals surface area contributed by atoms with Gasteiger partial charge in [0.05, 0.1) is 16.9 Å². The number of H-pyrrole nitrogens is 1. The largest absolute Gasteiger partial charge is 0.356 e. The molecule has 8 heteroatoms. The molecule has 8 nitrogen and oxygen atoms in total. The third-order valence-electron chi connectivity index (χ3n) is 5.99. The molecular formula is C21H19N5O3. The summed E-state index contributed by atoms with van der Waals surface area (Å²) in [5, 5.41) is 1.06. The van der Waals surface area contributed by atoms with E-state index in [0.717, 1.165) is 27.1 Å². The predicted molar refractivity (Wildman–Crippen MR) is 107 cm³/mol. The summed E-state index contributed by atoms with van der Waals surface area (Å²) in [7, 11) is 0. The monoisotopic (exact) mass is 389 g/mol. The number of aromatic amines is 1. The number of hydrogen-bond acceptors (Lipinski definition) is 4. The van der Waals surface area contributed by atoms with Gasteiger partial charge in [0.1, 0.15) is 0 Å². The van der Waals surface area contributed by atoms with E-state index in [9.17, 15) is 14.4 Å². The fourth-order valence-corrected chi connectivity index (χ4v) is 4.54. The van der Waals surface area contributed by atoms with Gasteiger partial charge >= 0.3 is 6.03 Å². The van der Waals surface area contributed by atoms with Crippen LogP contribution in [-0.4, -0.2) is 34.3 Å². The van der Waals surface area contributed by atoms with Crippen LogP contribution in [0.1, 0.15) is 28.5 Å². The number of para-hydroxylation sites is 2. The predicted octanol–water partition coefficient (Wildman–Crippen LogP) is 2.01. The Kier molecular flexibility index (Phi) is 3.56. The van der Waals surface area contributed by atoms with Crippen molar-refractivity contribution in [3.05, 3.63) is 65.4 Å². The lowest BCUT2D eigenvalue weighted by Crippen LogP contribution is -2.49. The zero-order chi connectivity index (χ0) is 20.3. The van der Waals surface area contributed by atoms with Crippen molar-refractivity contribution >= 4 is 34.4 Å². The number of nitrogens with one attached hydrogen (secondary N) is 2. The van der Waals surface area contributed by atoms with Gasteiger partial charge in [0.2, 0.25) is 0 Å². The van der Waals surface area contributed by atoms with Gasteiger partial charge < -0.3 is 9.88 Å². The highest BCUT2D eigenvalue weighted by atomic mass is 16.2. The van der Waals surface area contributed by atoms with E-state index in [1.807, 2.05) is 24.3 Å². The van der Waals surface area contributed by atoms with Crippen molar-refractivity contribution < 1.29 is 14.4 Å². The molecule has 1 fully saturated rings. The highest BCUT2D eigenvalue weighted by Gasteiger charge is 2.59. The fourth-order valence-electron chi connectivity index (χ4n) is 4.54. The molecule has 0 spiro atoms. The number of nitrogen functional groups attached to an aromatic ring is 1. The summed E-state index contributed by atoms with van der Waals surface area (Å²) >= 11 is 0. The van der Waals surface area contributed by atoms with E-state index in [4.69, 9.17) is 5.84 Å². The van der Waals surface area contributed by atoms with Crippen LogP contribution in [0.5, 0.6) is 0 Å². The van der Waals surface area contributed by atoms with Gasteiger partial charge in [0, 0.05) is 17.4 Å². The molecule has 3 aromatic rings. The Morgan fingerprint density at radius 1 is 1.14 bits per heavy atom. The molecule has 29 heavy (non-hydrogen) atoms. The lowest BCUT2D eigenvalue weighted by Gasteiger charge is -2.35. The van der Waals surface area contributed by atoms with Gasteiger partial charge in [-0.2, -0.15) is 0 Å². The number of carbonyl (C=O) groups excluding carboxylic acids is 3. The van der Waals surface area contributed by atoms with E-state index in [0.29, 0.717) is 13.0 Å². The standard InChI is InChI=1S/C21H19N5O3/c1-21-17-13(12-6-2-4-8-15(12)23-17)10-11-25(21)20(29)26(19(21)28)16-9-5-3-7-14(16)18(27)24-22/h2-9,23H,10-11,22H2,1H3,(H,24,27)/t21-/m0/s1. The number of aromatic nitrogens is 1. The number of nitrogens with zero attached hydrogens (tertiary/aromatic N) is 2. The van der Waals surface area contributed by atoms with Crippen LogP contribution in [0.3, 0.4) is 0 Å². The molecule has 2 aliphatic rings. The highest BCUT2D eigenvalue weighted by molar-refractivity contribution is 6.25. The number of hydrazine groups is 1. The second-order valence-electron chi connectivity index (χ2n) is 7.41. The zero-order valence-electron chi connectivity index (χ0n) is 15.7. The number of urea groups is 1. The lowest BCUT2D eigenvalue weighted by molar-refractivity contribution is -0.125. The van der Waals surface area contributed by atoms with Crippen LogP contribution in [0.2, 0.25) is 0 Å². The Morgan fingerprint density at radius 2 is 1.86 bits per heavy atom. The van der Waals surface area contributed by atoms with Crippen molar-refractivity contribution in [1.29, 1.82) is 0 Å². The summed E-state index contributed by atoms with van der Waals surface area (Å²) in [5.41, 5.74) is 4.00. The summed E-state index contributed by atoms with van der Waals surface area (Å²) in [6, 6.07) is 13.9. The number of nitrogens with two attached hydrogens (primary N) is 1. The number of anilines is 1. The number of imide groups is 1. The average molecular weight is 389 g/mol. The number of hydrogen-bond donors (Lipinski definition) is 3. The molecule has 4 N–H and O–H groups in total. The first kappa shape index (κ1) is 17.4. The van der Waals surface area contributed by atoms with Crippen LogP contribution in [0, 0.1) is 0 Å². The first-order valence-corrected chi connectivity index (χ1v) is 9.34. The van der Waals surface area contributed by atoms with Gasteiger partial charge in [-0.3, -0.25) is 15.0 Å². The molecule has 3 heterocycles. The van der Waals surface area contributed by atoms with E-state index in [-0.39, 0.29) is 11.3 Å². The van der Waals surface area contributed by atoms with E-state index >= 15 is 0 Å². The third-order valence-corrected chi connectivity index (χ3v) is 5.99. The van der Waals surface area contributed by atoms with Gasteiger partial charge in [0.15, 0.2) is 5.54 Å². The maximum absolute atomic E-state index is 13.7. The molecule has 1 saturated heterocycles. The fraction of sp³-hybridized carbons (Fsp3) is 0.190. The molecule has 1 atom stereocenters. The van der Waals surface area contributed by atoms with E-state index < -0.39 is 23.4 Å². The molecule has 0 radical (unpaired) electrons. The lowest BCUT2D eigenvalue weighted by atomic mass is 9.87. The van der Waals surface area contributed by atoms with Crippen LogP contribution < -0.4 is 16.2 Å². The molecule has 0 unspecified atom stereocenters. The third kappa shape index (κ3) is 2.14. The molecule has 1 aromatic heterocycles. The topological polar surface area (TPSA) is 112 Å². The molecule has 0 aliphatic carbocycles. The molecule has 0 bridgehead atoms. The van der Waals surface area contributed by atoms with Gasteiger partial charge in [-0.25, -0.2) is 15.5 Å². The van der Waals surface area contributed by atoms with Crippen molar-refractivity contribution in [3.63, 3.8) is 0 Å².